The fourth-order valence-electron chi connectivity index (χ4n) is 2.65. The molecule has 2 aliphatic rings. The van der Waals surface area contributed by atoms with Crippen molar-refractivity contribution in [3.63, 3.8) is 0 Å². The van der Waals surface area contributed by atoms with E-state index >= 15 is 0 Å². The molecule has 2 heterocycles. The first-order chi connectivity index (χ1) is 8.59. The van der Waals surface area contributed by atoms with E-state index in [0.717, 1.165) is 52.4 Å². The molecule has 5 heteroatoms. The molecular formula is C13H25N3O2. The summed E-state index contributed by atoms with van der Waals surface area (Å²) < 4.78 is 5.34. The summed E-state index contributed by atoms with van der Waals surface area (Å²) >= 11 is 0. The Hall–Kier alpha value is -0.650. The van der Waals surface area contributed by atoms with Gasteiger partial charge >= 0.3 is 0 Å². The second-order valence-corrected chi connectivity index (χ2v) is 5.74. The summed E-state index contributed by atoms with van der Waals surface area (Å²) in [6, 6.07) is 0. The average molecular weight is 255 g/mol. The van der Waals surface area contributed by atoms with Crippen LogP contribution in [0.3, 0.4) is 0 Å². The Bertz CT molecular complexity index is 288. The van der Waals surface area contributed by atoms with Gasteiger partial charge in [0.25, 0.3) is 0 Å². The molecule has 104 valence electrons. The van der Waals surface area contributed by atoms with E-state index in [2.05, 4.69) is 24.1 Å². The van der Waals surface area contributed by atoms with E-state index in [-0.39, 0.29) is 11.4 Å². The van der Waals surface area contributed by atoms with Crippen LogP contribution in [0.25, 0.3) is 0 Å². The molecule has 18 heavy (non-hydrogen) atoms. The van der Waals surface area contributed by atoms with Crippen LogP contribution < -0.4 is 5.32 Å². The van der Waals surface area contributed by atoms with E-state index in [1.54, 1.807) is 0 Å². The standard InChI is InChI=1S/C13H25N3O2/c1-13(2)3-4-14-11-12(17)16(13)6-5-15-7-9-18-10-8-15/h14H,3-11H2,1-2H3. The number of hydrogen-bond donors (Lipinski definition) is 1. The molecule has 5 nitrogen and oxygen atoms in total. The lowest BCUT2D eigenvalue weighted by Gasteiger charge is -2.38. The molecular weight excluding hydrogens is 230 g/mol. The number of amides is 1. The average Bonchev–Trinajstić information content (AvgIpc) is 2.47. The summed E-state index contributed by atoms with van der Waals surface area (Å²) in [4.78, 5) is 16.5. The smallest absolute Gasteiger partial charge is 0.237 e. The zero-order valence-electron chi connectivity index (χ0n) is 11.6. The minimum atomic E-state index is -0.0349. The minimum absolute atomic E-state index is 0.0349. The molecule has 0 radical (unpaired) electrons. The van der Waals surface area contributed by atoms with Crippen molar-refractivity contribution in [1.29, 1.82) is 0 Å². The van der Waals surface area contributed by atoms with Crippen LogP contribution in [0.5, 0.6) is 0 Å². The molecule has 2 rings (SSSR count). The molecule has 0 atom stereocenters. The van der Waals surface area contributed by atoms with Crippen molar-refractivity contribution in [2.75, 3.05) is 52.5 Å². The Morgan fingerprint density at radius 2 is 2.00 bits per heavy atom. The normalized spacial score (nSPS) is 26.1. The Balaban J connectivity index is 1.89. The summed E-state index contributed by atoms with van der Waals surface area (Å²) in [5.74, 6) is 0.228. The number of rotatable bonds is 3. The van der Waals surface area contributed by atoms with E-state index in [9.17, 15) is 4.79 Å². The SMILES string of the molecule is CC1(C)CCNCC(=O)N1CCN1CCOCC1. The molecule has 0 aliphatic carbocycles. The minimum Gasteiger partial charge on any atom is -0.379 e. The Morgan fingerprint density at radius 1 is 1.28 bits per heavy atom. The summed E-state index contributed by atoms with van der Waals surface area (Å²) in [5, 5.41) is 3.20. The van der Waals surface area contributed by atoms with Crippen LogP contribution in [-0.4, -0.2) is 73.7 Å². The Morgan fingerprint density at radius 3 is 2.72 bits per heavy atom. The van der Waals surface area contributed by atoms with Gasteiger partial charge in [-0.1, -0.05) is 0 Å². The van der Waals surface area contributed by atoms with Crippen LogP contribution >= 0.6 is 0 Å². The van der Waals surface area contributed by atoms with Gasteiger partial charge in [-0.25, -0.2) is 0 Å². The topological polar surface area (TPSA) is 44.8 Å². The predicted octanol–water partition coefficient (Wildman–Crippen LogP) is -0.0809. The van der Waals surface area contributed by atoms with E-state index in [0.29, 0.717) is 6.54 Å². The van der Waals surface area contributed by atoms with Crippen molar-refractivity contribution in [3.05, 3.63) is 0 Å². The highest BCUT2D eigenvalue weighted by atomic mass is 16.5. The largest absolute Gasteiger partial charge is 0.379 e. The fourth-order valence-corrected chi connectivity index (χ4v) is 2.65. The van der Waals surface area contributed by atoms with E-state index < -0.39 is 0 Å². The van der Waals surface area contributed by atoms with E-state index in [4.69, 9.17) is 4.74 Å². The van der Waals surface area contributed by atoms with Gasteiger partial charge in [0.2, 0.25) is 5.91 Å². The molecule has 1 amide bonds. The highest BCUT2D eigenvalue weighted by Gasteiger charge is 2.32. The zero-order chi connectivity index (χ0) is 13.0. The number of hydrogen-bond acceptors (Lipinski definition) is 4. The lowest BCUT2D eigenvalue weighted by atomic mass is 9.98. The molecule has 0 aromatic heterocycles. The number of carbonyl (C=O) groups excluding carboxylic acids is 1. The second-order valence-electron chi connectivity index (χ2n) is 5.74. The van der Waals surface area contributed by atoms with E-state index in [1.807, 2.05) is 4.90 Å². The summed E-state index contributed by atoms with van der Waals surface area (Å²) in [5.41, 5.74) is -0.0349. The molecule has 2 saturated heterocycles. The van der Waals surface area contributed by atoms with Gasteiger partial charge in [0.05, 0.1) is 19.8 Å². The van der Waals surface area contributed by atoms with Crippen LogP contribution in [0.1, 0.15) is 20.3 Å². The summed E-state index contributed by atoms with van der Waals surface area (Å²) in [7, 11) is 0. The third-order valence-corrected chi connectivity index (χ3v) is 3.97. The van der Waals surface area contributed by atoms with Crippen molar-refractivity contribution >= 4 is 5.91 Å². The third kappa shape index (κ3) is 3.43. The molecule has 0 aromatic carbocycles. The van der Waals surface area contributed by atoms with Crippen LogP contribution in [-0.2, 0) is 9.53 Å². The lowest BCUT2D eigenvalue weighted by molar-refractivity contribution is -0.134. The van der Waals surface area contributed by atoms with Gasteiger partial charge in [0.15, 0.2) is 0 Å². The van der Waals surface area contributed by atoms with Crippen molar-refractivity contribution in [1.82, 2.24) is 15.1 Å². The molecule has 1 N–H and O–H groups in total. The quantitative estimate of drug-likeness (QED) is 0.766. The number of carbonyl (C=O) groups is 1. The fraction of sp³-hybridized carbons (Fsp3) is 0.923. The van der Waals surface area contributed by atoms with Crippen LogP contribution in [0.4, 0.5) is 0 Å². The summed E-state index contributed by atoms with van der Waals surface area (Å²) in [6.45, 7) is 11.1. The predicted molar refractivity (Wildman–Crippen MR) is 70.5 cm³/mol. The van der Waals surface area contributed by atoms with Crippen molar-refractivity contribution < 1.29 is 9.53 Å². The van der Waals surface area contributed by atoms with Gasteiger partial charge in [-0.05, 0) is 26.8 Å². The first-order valence-electron chi connectivity index (χ1n) is 6.91. The van der Waals surface area contributed by atoms with Crippen molar-refractivity contribution in [2.45, 2.75) is 25.8 Å². The molecule has 2 aliphatic heterocycles. The van der Waals surface area contributed by atoms with Crippen LogP contribution in [0.2, 0.25) is 0 Å². The molecule has 2 fully saturated rings. The lowest BCUT2D eigenvalue weighted by Crippen LogP contribution is -2.51. The first kappa shape index (κ1) is 13.8. The van der Waals surface area contributed by atoms with Crippen LogP contribution in [0.15, 0.2) is 0 Å². The highest BCUT2D eigenvalue weighted by Crippen LogP contribution is 2.20. The van der Waals surface area contributed by atoms with E-state index in [1.165, 1.54) is 0 Å². The second kappa shape index (κ2) is 5.99. The number of morpholine rings is 1. The Labute approximate surface area is 109 Å². The maximum absolute atomic E-state index is 12.1. The molecule has 0 bridgehead atoms. The third-order valence-electron chi connectivity index (χ3n) is 3.97. The van der Waals surface area contributed by atoms with Gasteiger partial charge in [-0.2, -0.15) is 0 Å². The highest BCUT2D eigenvalue weighted by molar-refractivity contribution is 5.79. The first-order valence-corrected chi connectivity index (χ1v) is 6.91. The monoisotopic (exact) mass is 255 g/mol. The number of nitrogens with zero attached hydrogens (tertiary/aromatic N) is 2. The van der Waals surface area contributed by atoms with Gasteiger partial charge in [0.1, 0.15) is 0 Å². The molecule has 0 unspecified atom stereocenters. The Kier molecular flexibility index (Phi) is 4.59. The molecule has 0 aromatic rings. The van der Waals surface area contributed by atoms with Crippen molar-refractivity contribution in [2.24, 2.45) is 0 Å². The zero-order valence-corrected chi connectivity index (χ0v) is 11.6. The number of ether oxygens (including phenoxy) is 1. The maximum atomic E-state index is 12.1. The van der Waals surface area contributed by atoms with Gasteiger partial charge in [0, 0.05) is 31.7 Å². The molecule has 0 spiro atoms. The maximum Gasteiger partial charge on any atom is 0.237 e. The number of nitrogens with one attached hydrogen (secondary N) is 1. The summed E-state index contributed by atoms with van der Waals surface area (Å²) in [6.07, 6.45) is 1.02. The van der Waals surface area contributed by atoms with Gasteiger partial charge in [-0.15, -0.1) is 0 Å². The van der Waals surface area contributed by atoms with Crippen molar-refractivity contribution in [3.8, 4) is 0 Å². The molecule has 0 saturated carbocycles. The van der Waals surface area contributed by atoms with Crippen LogP contribution in [0, 0.1) is 0 Å². The van der Waals surface area contributed by atoms with Gasteiger partial charge < -0.3 is 15.0 Å². The van der Waals surface area contributed by atoms with Gasteiger partial charge in [-0.3, -0.25) is 9.69 Å².